The number of guanidine groups is 1. The molecule has 0 bridgehead atoms. The molecule has 0 aliphatic rings. The number of likely N-dealkylation sites (N-methyl/N-ethyl adjacent to an activating group) is 1. The van der Waals surface area contributed by atoms with Crippen molar-refractivity contribution >= 4 is 5.96 Å². The predicted molar refractivity (Wildman–Crippen MR) is 95.7 cm³/mol. The molecular formula is C17H30N4O2. The van der Waals surface area contributed by atoms with Gasteiger partial charge in [-0.25, -0.2) is 0 Å². The van der Waals surface area contributed by atoms with Gasteiger partial charge in [-0.2, -0.15) is 0 Å². The smallest absolute Gasteiger partial charge is 0.195 e. The molecule has 0 aromatic heterocycles. The van der Waals surface area contributed by atoms with Gasteiger partial charge in [0.2, 0.25) is 0 Å². The van der Waals surface area contributed by atoms with Gasteiger partial charge in [0.25, 0.3) is 0 Å². The summed E-state index contributed by atoms with van der Waals surface area (Å²) in [4.78, 5) is 11.0. The molecule has 0 radical (unpaired) electrons. The number of hydrogen-bond acceptors (Lipinski definition) is 4. The lowest BCUT2D eigenvalue weighted by atomic mass is 10.1. The molecule has 6 heteroatoms. The van der Waals surface area contributed by atoms with Crippen LogP contribution in [0, 0.1) is 0 Å². The van der Waals surface area contributed by atoms with Crippen LogP contribution in [0.3, 0.4) is 0 Å². The number of benzene rings is 1. The van der Waals surface area contributed by atoms with Gasteiger partial charge in [0.15, 0.2) is 17.5 Å². The van der Waals surface area contributed by atoms with Crippen molar-refractivity contribution in [1.29, 1.82) is 0 Å². The second-order valence-electron chi connectivity index (χ2n) is 6.02. The van der Waals surface area contributed by atoms with E-state index in [4.69, 9.17) is 14.5 Å². The molecule has 0 fully saturated rings. The van der Waals surface area contributed by atoms with E-state index in [1.165, 1.54) is 0 Å². The monoisotopic (exact) mass is 322 g/mol. The SMILES string of the molecule is COc1ccc(C(CN=C(N(C)C)N(C)C)N(C)C)cc1OC. The predicted octanol–water partition coefficient (Wildman–Crippen LogP) is 1.79. The molecule has 1 rings (SSSR count). The van der Waals surface area contributed by atoms with Crippen LogP contribution in [0.5, 0.6) is 11.5 Å². The first-order valence-corrected chi connectivity index (χ1v) is 7.59. The van der Waals surface area contributed by atoms with Crippen LogP contribution in [0.1, 0.15) is 11.6 Å². The van der Waals surface area contributed by atoms with Crippen LogP contribution in [-0.4, -0.2) is 83.7 Å². The third-order valence-corrected chi connectivity index (χ3v) is 3.62. The second-order valence-corrected chi connectivity index (χ2v) is 6.02. The van der Waals surface area contributed by atoms with Gasteiger partial charge in [-0.15, -0.1) is 0 Å². The first-order valence-electron chi connectivity index (χ1n) is 7.59. The maximum atomic E-state index is 5.41. The molecule has 23 heavy (non-hydrogen) atoms. The standard InChI is InChI=1S/C17H30N4O2/c1-19(2)14(12-18-17(20(3)4)21(5)6)13-9-10-15(22-7)16(11-13)23-8/h9-11,14H,12H2,1-8H3. The average molecular weight is 322 g/mol. The molecule has 1 unspecified atom stereocenters. The molecule has 0 amide bonds. The highest BCUT2D eigenvalue weighted by molar-refractivity contribution is 5.79. The average Bonchev–Trinajstić information content (AvgIpc) is 2.49. The van der Waals surface area contributed by atoms with Crippen LogP contribution in [0.25, 0.3) is 0 Å². The molecule has 0 saturated carbocycles. The molecule has 0 heterocycles. The molecule has 1 aromatic carbocycles. The highest BCUT2D eigenvalue weighted by atomic mass is 16.5. The molecule has 0 aliphatic carbocycles. The third kappa shape index (κ3) is 5.03. The van der Waals surface area contributed by atoms with E-state index in [9.17, 15) is 0 Å². The minimum atomic E-state index is 0.157. The topological polar surface area (TPSA) is 40.5 Å². The van der Waals surface area contributed by atoms with E-state index >= 15 is 0 Å². The van der Waals surface area contributed by atoms with Gasteiger partial charge < -0.3 is 24.2 Å². The molecule has 6 nitrogen and oxygen atoms in total. The van der Waals surface area contributed by atoms with Crippen LogP contribution in [-0.2, 0) is 0 Å². The Balaban J connectivity index is 3.10. The lowest BCUT2D eigenvalue weighted by Gasteiger charge is -2.27. The van der Waals surface area contributed by atoms with Crippen molar-refractivity contribution in [3.63, 3.8) is 0 Å². The first kappa shape index (κ1) is 19.1. The van der Waals surface area contributed by atoms with E-state index in [-0.39, 0.29) is 6.04 Å². The summed E-state index contributed by atoms with van der Waals surface area (Å²) in [7, 11) is 15.4. The molecule has 1 aromatic rings. The van der Waals surface area contributed by atoms with Crippen LogP contribution in [0.15, 0.2) is 23.2 Å². The zero-order chi connectivity index (χ0) is 17.6. The summed E-state index contributed by atoms with van der Waals surface area (Å²) in [5.41, 5.74) is 1.15. The minimum Gasteiger partial charge on any atom is -0.493 e. The van der Waals surface area contributed by atoms with E-state index in [2.05, 4.69) is 25.1 Å². The highest BCUT2D eigenvalue weighted by Crippen LogP contribution is 2.31. The molecular weight excluding hydrogens is 292 g/mol. The van der Waals surface area contributed by atoms with Crippen molar-refractivity contribution < 1.29 is 9.47 Å². The summed E-state index contributed by atoms with van der Waals surface area (Å²) in [6.07, 6.45) is 0. The lowest BCUT2D eigenvalue weighted by molar-refractivity contribution is 0.301. The number of methoxy groups -OCH3 is 2. The zero-order valence-corrected chi connectivity index (χ0v) is 15.6. The molecule has 0 N–H and O–H groups in total. The Kier molecular flexibility index (Phi) is 7.16. The van der Waals surface area contributed by atoms with Crippen molar-refractivity contribution in [2.45, 2.75) is 6.04 Å². The third-order valence-electron chi connectivity index (χ3n) is 3.62. The number of hydrogen-bond donors (Lipinski definition) is 0. The Morgan fingerprint density at radius 2 is 1.52 bits per heavy atom. The Hall–Kier alpha value is -1.95. The largest absolute Gasteiger partial charge is 0.493 e. The summed E-state index contributed by atoms with van der Waals surface area (Å²) in [5, 5.41) is 0. The van der Waals surface area contributed by atoms with Gasteiger partial charge in [0.1, 0.15) is 0 Å². The van der Waals surface area contributed by atoms with Crippen LogP contribution in [0.4, 0.5) is 0 Å². The lowest BCUT2D eigenvalue weighted by Crippen LogP contribution is -2.36. The summed E-state index contributed by atoms with van der Waals surface area (Å²) in [6.45, 7) is 0.661. The number of ether oxygens (including phenoxy) is 2. The quantitative estimate of drug-likeness (QED) is 0.590. The first-order chi connectivity index (χ1) is 10.8. The number of rotatable bonds is 6. The van der Waals surface area contributed by atoms with E-state index in [1.807, 2.05) is 50.1 Å². The van der Waals surface area contributed by atoms with Crippen LogP contribution >= 0.6 is 0 Å². The van der Waals surface area contributed by atoms with Gasteiger partial charge in [-0.05, 0) is 31.8 Å². The second kappa shape index (κ2) is 8.62. The van der Waals surface area contributed by atoms with Gasteiger partial charge in [-0.1, -0.05) is 6.07 Å². The van der Waals surface area contributed by atoms with E-state index < -0.39 is 0 Å². The summed E-state index contributed by atoms with van der Waals surface area (Å²) < 4.78 is 10.7. The van der Waals surface area contributed by atoms with E-state index in [0.29, 0.717) is 6.54 Å². The minimum absolute atomic E-state index is 0.157. The van der Waals surface area contributed by atoms with Crippen molar-refractivity contribution in [1.82, 2.24) is 14.7 Å². The van der Waals surface area contributed by atoms with Gasteiger partial charge in [0.05, 0.1) is 26.8 Å². The van der Waals surface area contributed by atoms with E-state index in [1.54, 1.807) is 14.2 Å². The van der Waals surface area contributed by atoms with Crippen molar-refractivity contribution in [2.24, 2.45) is 4.99 Å². The Bertz CT molecular complexity index is 517. The highest BCUT2D eigenvalue weighted by Gasteiger charge is 2.17. The fourth-order valence-corrected chi connectivity index (χ4v) is 2.48. The van der Waals surface area contributed by atoms with Gasteiger partial charge >= 0.3 is 0 Å². The Morgan fingerprint density at radius 3 is 1.96 bits per heavy atom. The number of nitrogens with zero attached hydrogens (tertiary/aromatic N) is 4. The van der Waals surface area contributed by atoms with Crippen molar-refractivity contribution in [2.75, 3.05) is 63.1 Å². The molecule has 0 aliphatic heterocycles. The fraction of sp³-hybridized carbons (Fsp3) is 0.588. The van der Waals surface area contributed by atoms with Crippen molar-refractivity contribution in [3.05, 3.63) is 23.8 Å². The van der Waals surface area contributed by atoms with Crippen molar-refractivity contribution in [3.8, 4) is 11.5 Å². The fourth-order valence-electron chi connectivity index (χ4n) is 2.48. The number of aliphatic imine (C=N–C) groups is 1. The van der Waals surface area contributed by atoms with Crippen LogP contribution in [0.2, 0.25) is 0 Å². The Morgan fingerprint density at radius 1 is 0.957 bits per heavy atom. The van der Waals surface area contributed by atoms with Gasteiger partial charge in [-0.3, -0.25) is 4.99 Å². The summed E-state index contributed by atoms with van der Waals surface area (Å²) in [5.74, 6) is 2.41. The summed E-state index contributed by atoms with van der Waals surface area (Å²) in [6, 6.07) is 6.17. The Labute approximate surface area is 140 Å². The summed E-state index contributed by atoms with van der Waals surface area (Å²) >= 11 is 0. The van der Waals surface area contributed by atoms with Crippen LogP contribution < -0.4 is 9.47 Å². The zero-order valence-electron chi connectivity index (χ0n) is 15.6. The molecule has 0 spiro atoms. The molecule has 130 valence electrons. The molecule has 1 atom stereocenters. The van der Waals surface area contributed by atoms with E-state index in [0.717, 1.165) is 23.0 Å². The maximum absolute atomic E-state index is 5.41. The molecule has 0 saturated heterocycles. The normalized spacial score (nSPS) is 11.9. The maximum Gasteiger partial charge on any atom is 0.195 e. The van der Waals surface area contributed by atoms with Gasteiger partial charge in [0, 0.05) is 28.2 Å².